The summed E-state index contributed by atoms with van der Waals surface area (Å²) in [6.45, 7) is 8.96. The standard InChI is InChI=1S/C18H24N4O2S/c1-4-12-22-16(5-2)20-21-18(22)25-13-11-17(23)19-14-9-7-8-10-15(14)24-6-3/h4,7-10H,1,5-6,11-13H2,2-3H3,(H,19,23). The molecule has 0 aliphatic rings. The molecule has 25 heavy (non-hydrogen) atoms. The van der Waals surface area contributed by atoms with Crippen molar-refractivity contribution in [2.24, 2.45) is 0 Å². The van der Waals surface area contributed by atoms with Gasteiger partial charge in [0.25, 0.3) is 0 Å². The molecule has 2 rings (SSSR count). The highest BCUT2D eigenvalue weighted by Gasteiger charge is 2.12. The first-order chi connectivity index (χ1) is 12.2. The summed E-state index contributed by atoms with van der Waals surface area (Å²) in [5, 5.41) is 12.1. The number of hydrogen-bond acceptors (Lipinski definition) is 5. The van der Waals surface area contributed by atoms with Crippen LogP contribution in [0.25, 0.3) is 0 Å². The van der Waals surface area contributed by atoms with E-state index >= 15 is 0 Å². The van der Waals surface area contributed by atoms with E-state index in [1.54, 1.807) is 0 Å². The van der Waals surface area contributed by atoms with Crippen molar-refractivity contribution in [3.05, 3.63) is 42.7 Å². The Morgan fingerprint density at radius 3 is 2.88 bits per heavy atom. The predicted molar refractivity (Wildman–Crippen MR) is 101 cm³/mol. The Morgan fingerprint density at radius 2 is 2.16 bits per heavy atom. The van der Waals surface area contributed by atoms with Crippen LogP contribution in [-0.2, 0) is 17.8 Å². The Kier molecular flexibility index (Phi) is 7.53. The minimum Gasteiger partial charge on any atom is -0.492 e. The second-order valence-corrected chi connectivity index (χ2v) is 6.29. The van der Waals surface area contributed by atoms with E-state index in [1.165, 1.54) is 11.8 Å². The molecule has 1 heterocycles. The second kappa shape index (κ2) is 9.88. The molecule has 1 aromatic carbocycles. The van der Waals surface area contributed by atoms with Crippen LogP contribution in [0.2, 0.25) is 0 Å². The normalized spacial score (nSPS) is 10.5. The third kappa shape index (κ3) is 5.35. The number of hydrogen-bond donors (Lipinski definition) is 1. The number of para-hydroxylation sites is 2. The van der Waals surface area contributed by atoms with Gasteiger partial charge in [-0.15, -0.1) is 16.8 Å². The van der Waals surface area contributed by atoms with Crippen LogP contribution >= 0.6 is 11.8 Å². The van der Waals surface area contributed by atoms with Crippen LogP contribution < -0.4 is 10.1 Å². The van der Waals surface area contributed by atoms with Crippen molar-refractivity contribution in [3.8, 4) is 5.75 Å². The summed E-state index contributed by atoms with van der Waals surface area (Å²) >= 11 is 1.53. The first-order valence-electron chi connectivity index (χ1n) is 8.37. The van der Waals surface area contributed by atoms with Gasteiger partial charge in [-0.3, -0.25) is 4.79 Å². The van der Waals surface area contributed by atoms with Gasteiger partial charge < -0.3 is 14.6 Å². The van der Waals surface area contributed by atoms with E-state index in [1.807, 2.05) is 48.8 Å². The quantitative estimate of drug-likeness (QED) is 0.518. The molecular formula is C18H24N4O2S. The van der Waals surface area contributed by atoms with Gasteiger partial charge in [-0.2, -0.15) is 0 Å². The van der Waals surface area contributed by atoms with Gasteiger partial charge in [-0.05, 0) is 19.1 Å². The summed E-state index contributed by atoms with van der Waals surface area (Å²) in [5.41, 5.74) is 0.697. The molecule has 6 nitrogen and oxygen atoms in total. The molecule has 134 valence electrons. The zero-order chi connectivity index (χ0) is 18.1. The molecule has 2 aromatic rings. The second-order valence-electron chi connectivity index (χ2n) is 5.23. The van der Waals surface area contributed by atoms with Crippen molar-refractivity contribution >= 4 is 23.4 Å². The Hall–Kier alpha value is -2.28. The van der Waals surface area contributed by atoms with Gasteiger partial charge in [0.2, 0.25) is 5.91 Å². The van der Waals surface area contributed by atoms with Crippen molar-refractivity contribution in [1.82, 2.24) is 14.8 Å². The van der Waals surface area contributed by atoms with Crippen LogP contribution in [0.3, 0.4) is 0 Å². The number of aromatic nitrogens is 3. The first kappa shape index (κ1) is 19.1. The van der Waals surface area contributed by atoms with Crippen LogP contribution in [0.1, 0.15) is 26.1 Å². The van der Waals surface area contributed by atoms with Gasteiger partial charge in [-0.25, -0.2) is 0 Å². The first-order valence-corrected chi connectivity index (χ1v) is 9.35. The van der Waals surface area contributed by atoms with Crippen LogP contribution in [0, 0.1) is 0 Å². The summed E-state index contributed by atoms with van der Waals surface area (Å²) < 4.78 is 7.55. The molecule has 1 N–H and O–H groups in total. The fourth-order valence-corrected chi connectivity index (χ4v) is 3.20. The van der Waals surface area contributed by atoms with E-state index < -0.39 is 0 Å². The van der Waals surface area contributed by atoms with E-state index in [0.29, 0.717) is 36.8 Å². The van der Waals surface area contributed by atoms with Crippen LogP contribution in [0.15, 0.2) is 42.1 Å². The average Bonchev–Trinajstić information content (AvgIpc) is 2.99. The molecule has 0 saturated heterocycles. The maximum Gasteiger partial charge on any atom is 0.225 e. The molecule has 0 saturated carbocycles. The monoisotopic (exact) mass is 360 g/mol. The summed E-state index contributed by atoms with van der Waals surface area (Å²) in [4.78, 5) is 12.2. The van der Waals surface area contributed by atoms with Crippen LogP contribution in [0.4, 0.5) is 5.69 Å². The summed E-state index contributed by atoms with van der Waals surface area (Å²) in [5.74, 6) is 2.19. The Balaban J connectivity index is 1.89. The fraction of sp³-hybridized carbons (Fsp3) is 0.389. The molecule has 0 aliphatic carbocycles. The number of anilines is 1. The third-order valence-corrected chi connectivity index (χ3v) is 4.41. The Morgan fingerprint density at radius 1 is 1.36 bits per heavy atom. The van der Waals surface area contributed by atoms with E-state index in [9.17, 15) is 4.79 Å². The maximum absolute atomic E-state index is 12.2. The number of nitrogens with one attached hydrogen (secondary N) is 1. The molecule has 1 amide bonds. The lowest BCUT2D eigenvalue weighted by molar-refractivity contribution is -0.115. The van der Waals surface area contributed by atoms with Crippen molar-refractivity contribution in [2.75, 3.05) is 17.7 Å². The Labute approximate surface area is 152 Å². The van der Waals surface area contributed by atoms with E-state index in [-0.39, 0.29) is 5.91 Å². The topological polar surface area (TPSA) is 69.0 Å². The smallest absolute Gasteiger partial charge is 0.225 e. The summed E-state index contributed by atoms with van der Waals surface area (Å²) in [7, 11) is 0. The summed E-state index contributed by atoms with van der Waals surface area (Å²) in [6, 6.07) is 7.44. The number of allylic oxidation sites excluding steroid dienone is 1. The summed E-state index contributed by atoms with van der Waals surface area (Å²) in [6.07, 6.45) is 3.02. The number of benzene rings is 1. The SMILES string of the molecule is C=CCn1c(CC)nnc1SCCC(=O)Nc1ccccc1OCC. The van der Waals surface area contributed by atoms with Crippen LogP contribution in [0.5, 0.6) is 5.75 Å². The number of carbonyl (C=O) groups is 1. The maximum atomic E-state index is 12.2. The van der Waals surface area contributed by atoms with E-state index in [2.05, 4.69) is 22.1 Å². The zero-order valence-electron chi connectivity index (χ0n) is 14.7. The lowest BCUT2D eigenvalue weighted by Crippen LogP contribution is -2.13. The molecule has 0 atom stereocenters. The highest BCUT2D eigenvalue weighted by Crippen LogP contribution is 2.24. The molecule has 0 spiro atoms. The Bertz CT molecular complexity index is 715. The number of nitrogens with zero attached hydrogens (tertiary/aromatic N) is 3. The number of aryl methyl sites for hydroxylation is 1. The number of thioether (sulfide) groups is 1. The number of carbonyl (C=O) groups excluding carboxylic acids is 1. The lowest BCUT2D eigenvalue weighted by Gasteiger charge is -2.11. The number of rotatable bonds is 10. The molecule has 0 fully saturated rings. The van der Waals surface area contributed by atoms with E-state index in [0.717, 1.165) is 17.4 Å². The molecule has 0 unspecified atom stereocenters. The van der Waals surface area contributed by atoms with Crippen molar-refractivity contribution < 1.29 is 9.53 Å². The minimum atomic E-state index is -0.0508. The van der Waals surface area contributed by atoms with Gasteiger partial charge in [-0.1, -0.05) is 36.9 Å². The average molecular weight is 360 g/mol. The molecule has 0 aliphatic heterocycles. The highest BCUT2D eigenvalue weighted by molar-refractivity contribution is 7.99. The van der Waals surface area contributed by atoms with E-state index in [4.69, 9.17) is 4.74 Å². The molecule has 0 radical (unpaired) electrons. The lowest BCUT2D eigenvalue weighted by atomic mass is 10.3. The minimum absolute atomic E-state index is 0.0508. The highest BCUT2D eigenvalue weighted by atomic mass is 32.2. The predicted octanol–water partition coefficient (Wildman–Crippen LogP) is 3.55. The number of ether oxygens (including phenoxy) is 1. The van der Waals surface area contributed by atoms with Gasteiger partial charge in [0.05, 0.1) is 12.3 Å². The van der Waals surface area contributed by atoms with Crippen molar-refractivity contribution in [2.45, 2.75) is 38.4 Å². The molecule has 1 aromatic heterocycles. The van der Waals surface area contributed by atoms with Gasteiger partial charge in [0.15, 0.2) is 5.16 Å². The molecular weight excluding hydrogens is 336 g/mol. The van der Waals surface area contributed by atoms with Crippen LogP contribution in [-0.4, -0.2) is 33.0 Å². The zero-order valence-corrected chi connectivity index (χ0v) is 15.5. The van der Waals surface area contributed by atoms with Crippen molar-refractivity contribution in [1.29, 1.82) is 0 Å². The third-order valence-electron chi connectivity index (χ3n) is 3.44. The van der Waals surface area contributed by atoms with Gasteiger partial charge >= 0.3 is 0 Å². The van der Waals surface area contributed by atoms with Gasteiger partial charge in [0.1, 0.15) is 11.6 Å². The fourth-order valence-electron chi connectivity index (χ4n) is 2.30. The van der Waals surface area contributed by atoms with Gasteiger partial charge in [0, 0.05) is 25.1 Å². The number of amides is 1. The molecule has 0 bridgehead atoms. The van der Waals surface area contributed by atoms with Crippen molar-refractivity contribution in [3.63, 3.8) is 0 Å². The largest absolute Gasteiger partial charge is 0.492 e. The molecule has 7 heteroatoms.